The lowest BCUT2D eigenvalue weighted by molar-refractivity contribution is 0.103. The van der Waals surface area contributed by atoms with Crippen molar-refractivity contribution in [3.63, 3.8) is 0 Å². The van der Waals surface area contributed by atoms with E-state index in [1.165, 1.54) is 11.3 Å². The lowest BCUT2D eigenvalue weighted by atomic mass is 10.2. The van der Waals surface area contributed by atoms with Crippen LogP contribution in [0.15, 0.2) is 12.1 Å². The number of thiophene rings is 1. The van der Waals surface area contributed by atoms with Crippen molar-refractivity contribution in [1.29, 1.82) is 0 Å². The van der Waals surface area contributed by atoms with E-state index >= 15 is 0 Å². The first-order valence-corrected chi connectivity index (χ1v) is 7.82. The lowest BCUT2D eigenvalue weighted by Gasteiger charge is -1.98. The normalized spacial score (nSPS) is 10.9. The number of hydrogen-bond donors (Lipinski definition) is 1. The maximum Gasteiger partial charge on any atom is 0.269 e. The van der Waals surface area contributed by atoms with Crippen molar-refractivity contribution in [3.8, 4) is 0 Å². The van der Waals surface area contributed by atoms with Crippen LogP contribution in [-0.4, -0.2) is 20.7 Å². The molecule has 3 rings (SSSR count). The van der Waals surface area contributed by atoms with Gasteiger partial charge in [-0.2, -0.15) is 0 Å². The average Bonchev–Trinajstić information content (AvgIpc) is 2.97. The quantitative estimate of drug-likeness (QED) is 0.732. The molecule has 0 atom stereocenters. The minimum absolute atomic E-state index is 0.293. The van der Waals surface area contributed by atoms with Crippen LogP contribution in [0.5, 0.6) is 0 Å². The summed E-state index contributed by atoms with van der Waals surface area (Å²) in [6, 6.07) is 3.29. The Morgan fingerprint density at radius 1 is 1.25 bits per heavy atom. The number of halogens is 3. The van der Waals surface area contributed by atoms with Crippen molar-refractivity contribution in [2.45, 2.75) is 0 Å². The van der Waals surface area contributed by atoms with Gasteiger partial charge in [-0.05, 0) is 17.3 Å². The molecule has 0 aliphatic rings. The van der Waals surface area contributed by atoms with E-state index in [-0.39, 0.29) is 5.91 Å². The summed E-state index contributed by atoms with van der Waals surface area (Å²) < 4.78 is 4.30. The van der Waals surface area contributed by atoms with Gasteiger partial charge in [0.15, 0.2) is 0 Å². The Morgan fingerprint density at radius 2 is 2.05 bits per heavy atom. The van der Waals surface area contributed by atoms with Crippen molar-refractivity contribution in [2.24, 2.45) is 0 Å². The molecule has 0 aliphatic carbocycles. The zero-order valence-corrected chi connectivity index (χ0v) is 13.3. The summed E-state index contributed by atoms with van der Waals surface area (Å²) in [6.07, 6.45) is 0. The second-order valence-corrected chi connectivity index (χ2v) is 6.63. The molecule has 1 aromatic carbocycles. The highest BCUT2D eigenvalue weighted by Crippen LogP contribution is 2.41. The molecule has 0 fully saturated rings. The van der Waals surface area contributed by atoms with Crippen molar-refractivity contribution in [3.05, 3.63) is 32.1 Å². The fourth-order valence-electron chi connectivity index (χ4n) is 1.59. The minimum atomic E-state index is -0.387. The van der Waals surface area contributed by atoms with Gasteiger partial charge in [0.2, 0.25) is 5.13 Å². The number of fused-ring (bicyclic) bond motifs is 1. The Labute approximate surface area is 135 Å². The predicted molar refractivity (Wildman–Crippen MR) is 82.5 cm³/mol. The van der Waals surface area contributed by atoms with Crippen LogP contribution in [0.4, 0.5) is 5.13 Å². The molecule has 10 heteroatoms. The number of amides is 1. The smallest absolute Gasteiger partial charge is 0.269 e. The lowest BCUT2D eigenvalue weighted by Crippen LogP contribution is -2.10. The summed E-state index contributed by atoms with van der Waals surface area (Å²) in [7, 11) is 0. The monoisotopic (exact) mass is 364 g/mol. The molecule has 0 bridgehead atoms. The number of carbonyl (C=O) groups is 1. The molecule has 0 radical (unpaired) electrons. The first kappa shape index (κ1) is 14.0. The molecule has 0 aliphatic heterocycles. The number of aromatic nitrogens is 3. The Balaban J connectivity index is 2.06. The molecule has 102 valence electrons. The molecule has 0 saturated carbocycles. The zero-order chi connectivity index (χ0) is 14.3. The third-order valence-electron chi connectivity index (χ3n) is 2.38. The molecule has 20 heavy (non-hydrogen) atoms. The van der Waals surface area contributed by atoms with Gasteiger partial charge in [0.1, 0.15) is 4.88 Å². The highest BCUT2D eigenvalue weighted by Gasteiger charge is 2.20. The van der Waals surface area contributed by atoms with E-state index in [4.69, 9.17) is 34.8 Å². The van der Waals surface area contributed by atoms with Crippen molar-refractivity contribution >= 4 is 78.8 Å². The van der Waals surface area contributed by atoms with E-state index < -0.39 is 0 Å². The fraction of sp³-hybridized carbons (Fsp3) is 0. The number of hydrogen-bond acceptors (Lipinski definition) is 6. The number of nitrogens with zero attached hydrogens (tertiary/aromatic N) is 3. The van der Waals surface area contributed by atoms with Crippen molar-refractivity contribution in [1.82, 2.24) is 14.8 Å². The standard InChI is InChI=1S/C10H3Cl3N4OS2/c11-3-1-4(12)6-5(2-3)19-8(7(6)13)9(18)14-10-15-16-17-20-10/h1-2H,(H,14,15,17,18). The van der Waals surface area contributed by atoms with Crippen LogP contribution in [0, 0.1) is 0 Å². The fourth-order valence-corrected chi connectivity index (χ4v) is 4.23. The van der Waals surface area contributed by atoms with Gasteiger partial charge in [-0.25, -0.2) is 0 Å². The summed E-state index contributed by atoms with van der Waals surface area (Å²) >= 11 is 20.4. The van der Waals surface area contributed by atoms with Gasteiger partial charge < -0.3 is 0 Å². The summed E-state index contributed by atoms with van der Waals surface area (Å²) in [5, 5.41) is 11.7. The number of carbonyl (C=O) groups excluding carboxylic acids is 1. The molecule has 2 aromatic heterocycles. The molecule has 0 spiro atoms. The summed E-state index contributed by atoms with van der Waals surface area (Å²) in [4.78, 5) is 12.5. The van der Waals surface area contributed by atoms with Gasteiger partial charge in [-0.15, -0.1) is 11.3 Å². The van der Waals surface area contributed by atoms with E-state index in [0.29, 0.717) is 30.5 Å². The van der Waals surface area contributed by atoms with Gasteiger partial charge in [0.25, 0.3) is 5.91 Å². The van der Waals surface area contributed by atoms with E-state index in [0.717, 1.165) is 16.2 Å². The largest absolute Gasteiger partial charge is 0.294 e. The average molecular weight is 366 g/mol. The molecule has 5 nitrogen and oxygen atoms in total. The highest BCUT2D eigenvalue weighted by molar-refractivity contribution is 7.22. The van der Waals surface area contributed by atoms with Crippen LogP contribution in [0.3, 0.4) is 0 Å². The maximum atomic E-state index is 12.1. The molecule has 1 amide bonds. The van der Waals surface area contributed by atoms with Gasteiger partial charge in [0, 0.05) is 26.6 Å². The van der Waals surface area contributed by atoms with Crippen LogP contribution in [0.25, 0.3) is 10.1 Å². The number of anilines is 1. The Hall–Kier alpha value is -0.990. The minimum Gasteiger partial charge on any atom is -0.294 e. The second kappa shape index (κ2) is 5.42. The number of benzene rings is 1. The maximum absolute atomic E-state index is 12.1. The summed E-state index contributed by atoms with van der Waals surface area (Å²) in [5.41, 5.74) is 0. The number of nitrogens with one attached hydrogen (secondary N) is 1. The van der Waals surface area contributed by atoms with E-state index in [2.05, 4.69) is 20.1 Å². The first-order valence-electron chi connectivity index (χ1n) is 5.09. The van der Waals surface area contributed by atoms with Crippen molar-refractivity contribution in [2.75, 3.05) is 5.32 Å². The SMILES string of the molecule is O=C(Nc1nnns1)c1sc2cc(Cl)cc(Cl)c2c1Cl. The summed E-state index contributed by atoms with van der Waals surface area (Å²) in [5.74, 6) is -0.387. The van der Waals surface area contributed by atoms with Crippen molar-refractivity contribution < 1.29 is 4.79 Å². The van der Waals surface area contributed by atoms with Gasteiger partial charge in [-0.3, -0.25) is 10.1 Å². The Morgan fingerprint density at radius 3 is 2.75 bits per heavy atom. The van der Waals surface area contributed by atoms with E-state index in [1.807, 2.05) is 0 Å². The Kier molecular flexibility index (Phi) is 3.78. The predicted octanol–water partition coefficient (Wildman–Crippen LogP) is 4.36. The van der Waals surface area contributed by atoms with E-state index in [9.17, 15) is 4.79 Å². The topological polar surface area (TPSA) is 67.8 Å². The van der Waals surface area contributed by atoms with Crippen LogP contribution in [0.1, 0.15) is 9.67 Å². The molecule has 1 N–H and O–H groups in total. The third kappa shape index (κ3) is 2.47. The second-order valence-electron chi connectivity index (χ2n) is 3.63. The molecule has 0 saturated heterocycles. The molecular weight excluding hydrogens is 363 g/mol. The van der Waals surface area contributed by atoms with Gasteiger partial charge in [-0.1, -0.05) is 44.4 Å². The zero-order valence-electron chi connectivity index (χ0n) is 9.35. The summed E-state index contributed by atoms with van der Waals surface area (Å²) in [6.45, 7) is 0. The number of rotatable bonds is 2. The molecule has 3 aromatic rings. The molecule has 0 unspecified atom stereocenters. The Bertz CT molecular complexity index is 803. The van der Waals surface area contributed by atoms with E-state index in [1.54, 1.807) is 12.1 Å². The van der Waals surface area contributed by atoms with Gasteiger partial charge >= 0.3 is 0 Å². The third-order valence-corrected chi connectivity index (χ3v) is 5.03. The van der Waals surface area contributed by atoms with Crippen LogP contribution in [0.2, 0.25) is 15.1 Å². The molecular formula is C10H3Cl3N4OS2. The highest BCUT2D eigenvalue weighted by atomic mass is 35.5. The van der Waals surface area contributed by atoms with Crippen LogP contribution in [-0.2, 0) is 0 Å². The molecule has 2 heterocycles. The van der Waals surface area contributed by atoms with Gasteiger partial charge in [0.05, 0.1) is 10.0 Å². The first-order chi connectivity index (χ1) is 9.56. The van der Waals surface area contributed by atoms with Crippen LogP contribution < -0.4 is 5.32 Å². The van der Waals surface area contributed by atoms with Crippen LogP contribution >= 0.6 is 57.7 Å².